The van der Waals surface area contributed by atoms with Crippen LogP contribution in [0.2, 0.25) is 0 Å². The van der Waals surface area contributed by atoms with Gasteiger partial charge in [-0.25, -0.2) is 0 Å². The van der Waals surface area contributed by atoms with Crippen LogP contribution in [0.15, 0.2) is 18.2 Å². The Morgan fingerprint density at radius 1 is 1.35 bits per heavy atom. The SMILES string of the molecule is CCC(=O)Nc1cccc(NC(=O)C2CSCN2)c1C. The van der Waals surface area contributed by atoms with Crippen LogP contribution in [0.4, 0.5) is 11.4 Å². The van der Waals surface area contributed by atoms with Gasteiger partial charge in [-0.1, -0.05) is 13.0 Å². The topological polar surface area (TPSA) is 70.2 Å². The fraction of sp³-hybridized carbons (Fsp3) is 0.429. The Morgan fingerprint density at radius 2 is 2.05 bits per heavy atom. The molecule has 0 spiro atoms. The number of nitrogens with one attached hydrogen (secondary N) is 3. The number of anilines is 2. The summed E-state index contributed by atoms with van der Waals surface area (Å²) in [6.45, 7) is 3.69. The zero-order valence-electron chi connectivity index (χ0n) is 11.7. The third kappa shape index (κ3) is 3.52. The van der Waals surface area contributed by atoms with E-state index in [9.17, 15) is 9.59 Å². The minimum atomic E-state index is -0.145. The normalized spacial score (nSPS) is 17.8. The predicted molar refractivity (Wildman–Crippen MR) is 83.0 cm³/mol. The average molecular weight is 293 g/mol. The lowest BCUT2D eigenvalue weighted by atomic mass is 10.1. The molecule has 1 aliphatic rings. The lowest BCUT2D eigenvalue weighted by Crippen LogP contribution is -2.37. The smallest absolute Gasteiger partial charge is 0.242 e. The largest absolute Gasteiger partial charge is 0.326 e. The lowest BCUT2D eigenvalue weighted by Gasteiger charge is -2.15. The van der Waals surface area contributed by atoms with Crippen LogP contribution in [-0.4, -0.2) is 29.5 Å². The van der Waals surface area contributed by atoms with Gasteiger partial charge in [0.25, 0.3) is 0 Å². The van der Waals surface area contributed by atoms with E-state index in [1.165, 1.54) is 0 Å². The van der Waals surface area contributed by atoms with Crippen molar-refractivity contribution >= 4 is 35.0 Å². The molecule has 0 bridgehead atoms. The Kier molecular flexibility index (Phi) is 5.03. The summed E-state index contributed by atoms with van der Waals surface area (Å²) in [4.78, 5) is 23.5. The molecule has 0 saturated carbocycles. The molecule has 2 rings (SSSR count). The molecule has 1 aliphatic heterocycles. The van der Waals surface area contributed by atoms with Crippen molar-refractivity contribution in [3.63, 3.8) is 0 Å². The van der Waals surface area contributed by atoms with Crippen LogP contribution >= 0.6 is 11.8 Å². The molecule has 1 aromatic carbocycles. The van der Waals surface area contributed by atoms with E-state index in [1.54, 1.807) is 18.7 Å². The Hall–Kier alpha value is -1.53. The van der Waals surface area contributed by atoms with Crippen molar-refractivity contribution in [1.29, 1.82) is 0 Å². The number of hydrogen-bond donors (Lipinski definition) is 3. The van der Waals surface area contributed by atoms with Crippen LogP contribution in [0.5, 0.6) is 0 Å². The predicted octanol–water partition coefficient (Wildman–Crippen LogP) is 1.94. The second-order valence-electron chi connectivity index (χ2n) is 4.64. The Labute approximate surface area is 122 Å². The van der Waals surface area contributed by atoms with E-state index in [0.717, 1.165) is 28.6 Å². The molecule has 1 fully saturated rings. The van der Waals surface area contributed by atoms with Gasteiger partial charge in [0, 0.05) is 29.4 Å². The summed E-state index contributed by atoms with van der Waals surface area (Å²) in [5.74, 6) is 1.53. The van der Waals surface area contributed by atoms with E-state index in [-0.39, 0.29) is 17.9 Å². The summed E-state index contributed by atoms with van der Waals surface area (Å²) in [6.07, 6.45) is 0.430. The average Bonchev–Trinajstić information content (AvgIpc) is 2.97. The summed E-state index contributed by atoms with van der Waals surface area (Å²) in [5.41, 5.74) is 2.35. The van der Waals surface area contributed by atoms with Gasteiger partial charge in [-0.05, 0) is 24.6 Å². The molecule has 20 heavy (non-hydrogen) atoms. The third-order valence-corrected chi connectivity index (χ3v) is 4.16. The fourth-order valence-electron chi connectivity index (χ4n) is 1.93. The summed E-state index contributed by atoms with van der Waals surface area (Å²) >= 11 is 1.71. The van der Waals surface area contributed by atoms with Gasteiger partial charge in [0.05, 0.1) is 6.04 Å². The Balaban J connectivity index is 2.09. The molecule has 1 unspecified atom stereocenters. The van der Waals surface area contributed by atoms with Gasteiger partial charge in [0.2, 0.25) is 11.8 Å². The minimum absolute atomic E-state index is 0.0305. The summed E-state index contributed by atoms with van der Waals surface area (Å²) < 4.78 is 0. The highest BCUT2D eigenvalue weighted by Crippen LogP contribution is 2.24. The van der Waals surface area contributed by atoms with Crippen molar-refractivity contribution in [1.82, 2.24) is 5.32 Å². The molecule has 6 heteroatoms. The number of hydrogen-bond acceptors (Lipinski definition) is 4. The zero-order chi connectivity index (χ0) is 14.5. The molecule has 0 aliphatic carbocycles. The Morgan fingerprint density at radius 3 is 2.65 bits per heavy atom. The van der Waals surface area contributed by atoms with Gasteiger partial charge in [0.1, 0.15) is 0 Å². The molecule has 2 amide bonds. The Bertz CT molecular complexity index is 513. The number of carbonyl (C=O) groups is 2. The molecule has 1 atom stereocenters. The van der Waals surface area contributed by atoms with Gasteiger partial charge in [-0.2, -0.15) is 0 Å². The van der Waals surface area contributed by atoms with E-state index in [1.807, 2.05) is 25.1 Å². The van der Waals surface area contributed by atoms with Crippen molar-refractivity contribution in [3.05, 3.63) is 23.8 Å². The number of carbonyl (C=O) groups excluding carboxylic acids is 2. The molecular formula is C14H19N3O2S. The maximum absolute atomic E-state index is 12.1. The first-order valence-corrected chi connectivity index (χ1v) is 7.78. The van der Waals surface area contributed by atoms with Gasteiger partial charge in [-0.15, -0.1) is 11.8 Å². The highest BCUT2D eigenvalue weighted by Gasteiger charge is 2.23. The second kappa shape index (κ2) is 6.76. The van der Waals surface area contributed by atoms with Crippen LogP contribution in [0.3, 0.4) is 0 Å². The van der Waals surface area contributed by atoms with Crippen molar-refractivity contribution in [3.8, 4) is 0 Å². The van der Waals surface area contributed by atoms with Crippen molar-refractivity contribution in [2.45, 2.75) is 26.3 Å². The van der Waals surface area contributed by atoms with Gasteiger partial charge in [-0.3, -0.25) is 14.9 Å². The molecule has 1 saturated heterocycles. The van der Waals surface area contributed by atoms with Gasteiger partial charge < -0.3 is 10.6 Å². The van der Waals surface area contributed by atoms with Crippen LogP contribution in [-0.2, 0) is 9.59 Å². The first kappa shape index (κ1) is 14.9. The minimum Gasteiger partial charge on any atom is -0.326 e. The van der Waals surface area contributed by atoms with Crippen molar-refractivity contribution in [2.24, 2.45) is 0 Å². The summed E-state index contributed by atoms with van der Waals surface area (Å²) in [6, 6.07) is 5.36. The molecule has 0 radical (unpaired) electrons. The van der Waals surface area contributed by atoms with Gasteiger partial charge in [0.15, 0.2) is 0 Å². The maximum atomic E-state index is 12.1. The van der Waals surface area contributed by atoms with E-state index in [0.29, 0.717) is 6.42 Å². The van der Waals surface area contributed by atoms with Crippen LogP contribution < -0.4 is 16.0 Å². The quantitative estimate of drug-likeness (QED) is 0.793. The highest BCUT2D eigenvalue weighted by atomic mass is 32.2. The second-order valence-corrected chi connectivity index (χ2v) is 5.67. The van der Waals surface area contributed by atoms with Crippen LogP contribution in [0, 0.1) is 6.92 Å². The fourth-order valence-corrected chi connectivity index (χ4v) is 2.87. The van der Waals surface area contributed by atoms with E-state index < -0.39 is 0 Å². The number of benzene rings is 1. The summed E-state index contributed by atoms with van der Waals surface area (Å²) in [7, 11) is 0. The zero-order valence-corrected chi connectivity index (χ0v) is 12.5. The molecule has 5 nitrogen and oxygen atoms in total. The molecule has 108 valence electrons. The standard InChI is InChI=1S/C14H19N3O2S/c1-3-13(18)16-10-5-4-6-11(9(10)2)17-14(19)12-7-20-8-15-12/h4-6,12,15H,3,7-8H2,1-2H3,(H,16,18)(H,17,19). The number of thioether (sulfide) groups is 1. The molecular weight excluding hydrogens is 274 g/mol. The monoisotopic (exact) mass is 293 g/mol. The maximum Gasteiger partial charge on any atom is 0.242 e. The first-order chi connectivity index (χ1) is 9.61. The van der Waals surface area contributed by atoms with E-state index in [4.69, 9.17) is 0 Å². The van der Waals surface area contributed by atoms with Crippen LogP contribution in [0.25, 0.3) is 0 Å². The molecule has 1 aromatic rings. The molecule has 1 heterocycles. The van der Waals surface area contributed by atoms with Gasteiger partial charge >= 0.3 is 0 Å². The molecule has 0 aromatic heterocycles. The number of rotatable bonds is 4. The third-order valence-electron chi connectivity index (χ3n) is 3.22. The first-order valence-electron chi connectivity index (χ1n) is 6.63. The van der Waals surface area contributed by atoms with E-state index >= 15 is 0 Å². The van der Waals surface area contributed by atoms with Crippen LogP contribution in [0.1, 0.15) is 18.9 Å². The summed E-state index contributed by atoms with van der Waals surface area (Å²) in [5, 5.41) is 8.88. The highest BCUT2D eigenvalue weighted by molar-refractivity contribution is 7.99. The van der Waals surface area contributed by atoms with E-state index in [2.05, 4.69) is 16.0 Å². The number of amides is 2. The van der Waals surface area contributed by atoms with Crippen molar-refractivity contribution in [2.75, 3.05) is 22.3 Å². The van der Waals surface area contributed by atoms with Crippen molar-refractivity contribution < 1.29 is 9.59 Å². The lowest BCUT2D eigenvalue weighted by molar-refractivity contribution is -0.117. The molecule has 3 N–H and O–H groups in total.